The van der Waals surface area contributed by atoms with E-state index in [-0.39, 0.29) is 17.4 Å². The molecule has 0 saturated carbocycles. The second-order valence-electron chi connectivity index (χ2n) is 4.91. The maximum Gasteiger partial charge on any atom is 0.345 e. The van der Waals surface area contributed by atoms with Gasteiger partial charge in [-0.25, -0.2) is 4.79 Å². The minimum atomic E-state index is -0.958. The summed E-state index contributed by atoms with van der Waals surface area (Å²) in [7, 11) is 0. The summed E-state index contributed by atoms with van der Waals surface area (Å²) in [5, 5.41) is 11.5. The lowest BCUT2D eigenvalue weighted by atomic mass is 10.1. The van der Waals surface area contributed by atoms with Crippen LogP contribution < -0.4 is 10.1 Å². The van der Waals surface area contributed by atoms with E-state index in [1.165, 1.54) is 6.07 Å². The molecule has 2 aromatic rings. The lowest BCUT2D eigenvalue weighted by Gasteiger charge is -2.09. The molecule has 2 N–H and O–H groups in total. The first kappa shape index (κ1) is 16.0. The van der Waals surface area contributed by atoms with Gasteiger partial charge in [0.25, 0.3) is 5.91 Å². The molecule has 22 heavy (non-hydrogen) atoms. The van der Waals surface area contributed by atoms with Gasteiger partial charge in [0.1, 0.15) is 10.6 Å². The molecule has 1 aromatic heterocycles. The van der Waals surface area contributed by atoms with Gasteiger partial charge in [-0.3, -0.25) is 4.79 Å². The predicted octanol–water partition coefficient (Wildman–Crippen LogP) is 2.76. The Morgan fingerprint density at radius 2 is 2.00 bits per heavy atom. The van der Waals surface area contributed by atoms with Crippen molar-refractivity contribution in [1.82, 2.24) is 5.32 Å². The summed E-state index contributed by atoms with van der Waals surface area (Å²) in [4.78, 5) is 23.6. The number of rotatable bonds is 6. The Balaban J connectivity index is 1.81. The van der Waals surface area contributed by atoms with Crippen molar-refractivity contribution >= 4 is 23.2 Å². The number of thiophene rings is 1. The summed E-state index contributed by atoms with van der Waals surface area (Å²) in [5.74, 6) is -0.518. The van der Waals surface area contributed by atoms with Crippen LogP contribution in [0.1, 0.15) is 25.7 Å². The number of carboxylic acids is 1. The molecule has 2 rings (SSSR count). The van der Waals surface area contributed by atoms with Crippen LogP contribution in [0, 0.1) is 13.8 Å². The normalized spacial score (nSPS) is 10.3. The number of amides is 1. The number of hydrogen-bond acceptors (Lipinski definition) is 4. The second-order valence-corrected chi connectivity index (χ2v) is 6.07. The fourth-order valence-electron chi connectivity index (χ4n) is 1.93. The summed E-state index contributed by atoms with van der Waals surface area (Å²) < 4.78 is 5.48. The summed E-state index contributed by atoms with van der Waals surface area (Å²) >= 11 is 1.15. The van der Waals surface area contributed by atoms with Crippen molar-refractivity contribution in [2.75, 3.05) is 6.61 Å². The first-order chi connectivity index (χ1) is 10.5. The third-order valence-corrected chi connectivity index (χ3v) is 4.09. The van der Waals surface area contributed by atoms with Crippen LogP contribution >= 0.6 is 11.3 Å². The van der Waals surface area contributed by atoms with Gasteiger partial charge in [-0.15, -0.1) is 11.3 Å². The molecule has 0 aliphatic carbocycles. The lowest BCUT2D eigenvalue weighted by Crippen LogP contribution is -2.28. The van der Waals surface area contributed by atoms with Crippen molar-refractivity contribution in [3.8, 4) is 5.75 Å². The Morgan fingerprint density at radius 3 is 2.64 bits per heavy atom. The molecule has 0 bridgehead atoms. The number of benzene rings is 1. The maximum absolute atomic E-state index is 11.8. The van der Waals surface area contributed by atoms with Crippen molar-refractivity contribution in [3.05, 3.63) is 51.2 Å². The number of ether oxygens (including phenoxy) is 1. The zero-order valence-corrected chi connectivity index (χ0v) is 13.2. The molecule has 0 aliphatic rings. The molecule has 0 aliphatic heterocycles. The van der Waals surface area contributed by atoms with Crippen LogP contribution in [0.15, 0.2) is 30.3 Å². The van der Waals surface area contributed by atoms with E-state index in [0.29, 0.717) is 12.3 Å². The molecule has 0 saturated heterocycles. The zero-order chi connectivity index (χ0) is 16.1. The molecule has 0 fully saturated rings. The smallest absolute Gasteiger partial charge is 0.345 e. The number of aromatic carboxylic acids is 1. The summed E-state index contributed by atoms with van der Waals surface area (Å²) in [6, 6.07) is 8.99. The van der Waals surface area contributed by atoms with Crippen LogP contribution in [-0.4, -0.2) is 23.6 Å². The first-order valence-electron chi connectivity index (χ1n) is 6.74. The highest BCUT2D eigenvalue weighted by atomic mass is 32.1. The van der Waals surface area contributed by atoms with Crippen LogP contribution in [0.3, 0.4) is 0 Å². The first-order valence-corrected chi connectivity index (χ1v) is 7.56. The van der Waals surface area contributed by atoms with Gasteiger partial charge in [0.05, 0.1) is 6.54 Å². The third kappa shape index (κ3) is 4.33. The number of carbonyl (C=O) groups is 2. The van der Waals surface area contributed by atoms with Crippen LogP contribution in [0.2, 0.25) is 0 Å². The SMILES string of the molecule is Cc1ccc(OCC(=O)NCc2ccc(C(=O)O)s2)c(C)c1. The minimum absolute atomic E-state index is 0.0684. The second kappa shape index (κ2) is 7.09. The van der Waals surface area contributed by atoms with Gasteiger partial charge in [-0.2, -0.15) is 0 Å². The van der Waals surface area contributed by atoms with Gasteiger partial charge in [0.2, 0.25) is 0 Å². The van der Waals surface area contributed by atoms with Gasteiger partial charge >= 0.3 is 5.97 Å². The number of hydrogen-bond donors (Lipinski definition) is 2. The Kier molecular flexibility index (Phi) is 5.16. The van der Waals surface area contributed by atoms with Gasteiger partial charge in [0, 0.05) is 4.88 Å². The molecule has 1 amide bonds. The average Bonchev–Trinajstić information content (AvgIpc) is 2.93. The van der Waals surface area contributed by atoms with Crippen LogP contribution in [0.5, 0.6) is 5.75 Å². The highest BCUT2D eigenvalue weighted by molar-refractivity contribution is 7.13. The van der Waals surface area contributed by atoms with E-state index in [9.17, 15) is 9.59 Å². The van der Waals surface area contributed by atoms with E-state index in [0.717, 1.165) is 27.3 Å². The van der Waals surface area contributed by atoms with E-state index in [2.05, 4.69) is 5.32 Å². The zero-order valence-electron chi connectivity index (χ0n) is 12.4. The van der Waals surface area contributed by atoms with E-state index in [1.54, 1.807) is 6.07 Å². The quantitative estimate of drug-likeness (QED) is 0.858. The highest BCUT2D eigenvalue weighted by Gasteiger charge is 2.09. The van der Waals surface area contributed by atoms with E-state index in [4.69, 9.17) is 9.84 Å². The summed E-state index contributed by atoms with van der Waals surface area (Å²) in [5.41, 5.74) is 2.12. The van der Waals surface area contributed by atoms with Gasteiger partial charge in [-0.05, 0) is 37.6 Å². The summed E-state index contributed by atoms with van der Waals surface area (Å²) in [6.45, 7) is 4.16. The molecular formula is C16H17NO4S. The number of nitrogens with one attached hydrogen (secondary N) is 1. The molecule has 0 radical (unpaired) electrons. The molecule has 0 atom stereocenters. The molecular weight excluding hydrogens is 302 g/mol. The Hall–Kier alpha value is -2.34. The van der Waals surface area contributed by atoms with E-state index >= 15 is 0 Å². The highest BCUT2D eigenvalue weighted by Crippen LogP contribution is 2.18. The molecule has 1 heterocycles. The fourth-order valence-corrected chi connectivity index (χ4v) is 2.72. The Morgan fingerprint density at radius 1 is 1.23 bits per heavy atom. The lowest BCUT2D eigenvalue weighted by molar-refractivity contribution is -0.123. The molecule has 0 unspecified atom stereocenters. The number of aryl methyl sites for hydroxylation is 2. The molecule has 0 spiro atoms. The topological polar surface area (TPSA) is 75.6 Å². The Labute approximate surface area is 132 Å². The van der Waals surface area contributed by atoms with Crippen LogP contribution in [-0.2, 0) is 11.3 Å². The predicted molar refractivity (Wildman–Crippen MR) is 84.5 cm³/mol. The molecule has 5 nitrogen and oxygen atoms in total. The van der Waals surface area contributed by atoms with Crippen LogP contribution in [0.4, 0.5) is 0 Å². The van der Waals surface area contributed by atoms with E-state index < -0.39 is 5.97 Å². The monoisotopic (exact) mass is 319 g/mol. The molecule has 116 valence electrons. The summed E-state index contributed by atoms with van der Waals surface area (Å²) in [6.07, 6.45) is 0. The van der Waals surface area contributed by atoms with E-state index in [1.807, 2.05) is 32.0 Å². The maximum atomic E-state index is 11.8. The van der Waals surface area contributed by atoms with Gasteiger partial charge < -0.3 is 15.2 Å². The standard InChI is InChI=1S/C16H17NO4S/c1-10-3-5-13(11(2)7-10)21-9-15(18)17-8-12-4-6-14(22-12)16(19)20/h3-7H,8-9H2,1-2H3,(H,17,18)(H,19,20). The van der Waals surface area contributed by atoms with Gasteiger partial charge in [0.15, 0.2) is 6.61 Å². The van der Waals surface area contributed by atoms with Gasteiger partial charge in [-0.1, -0.05) is 17.7 Å². The van der Waals surface area contributed by atoms with Crippen molar-refractivity contribution in [1.29, 1.82) is 0 Å². The van der Waals surface area contributed by atoms with Crippen LogP contribution in [0.25, 0.3) is 0 Å². The Bertz CT molecular complexity index is 693. The van der Waals surface area contributed by atoms with Crippen molar-refractivity contribution in [3.63, 3.8) is 0 Å². The number of carboxylic acid groups (broad SMARTS) is 1. The largest absolute Gasteiger partial charge is 0.484 e. The van der Waals surface area contributed by atoms with Crippen molar-refractivity contribution in [2.45, 2.75) is 20.4 Å². The number of carbonyl (C=O) groups excluding carboxylic acids is 1. The average molecular weight is 319 g/mol. The fraction of sp³-hybridized carbons (Fsp3) is 0.250. The van der Waals surface area contributed by atoms with Crippen molar-refractivity contribution in [2.24, 2.45) is 0 Å². The molecule has 6 heteroatoms. The molecule has 1 aromatic carbocycles. The third-order valence-electron chi connectivity index (χ3n) is 3.02. The van der Waals surface area contributed by atoms with Crippen molar-refractivity contribution < 1.29 is 19.4 Å². The minimum Gasteiger partial charge on any atom is -0.484 e.